The summed E-state index contributed by atoms with van der Waals surface area (Å²) in [4.78, 5) is 12.5. The van der Waals surface area contributed by atoms with Crippen molar-refractivity contribution in [1.29, 1.82) is 0 Å². The van der Waals surface area contributed by atoms with Crippen LogP contribution in [0.5, 0.6) is 5.75 Å². The van der Waals surface area contributed by atoms with Crippen molar-refractivity contribution in [3.8, 4) is 17.0 Å². The second-order valence-electron chi connectivity index (χ2n) is 5.84. The van der Waals surface area contributed by atoms with Crippen LogP contribution in [0.15, 0.2) is 54.7 Å². The van der Waals surface area contributed by atoms with Crippen LogP contribution in [0, 0.1) is 0 Å². The standard InChI is InChI=1S/C20H20ClN3O2/c1-2-11-26-17-9-3-14(4-10-17)12-22-20(25)18-13-23-24-19(18)15-5-7-16(21)8-6-15/h3-10,13H,2,11-12H2,1H3,(H,22,25)(H,23,24). The predicted octanol–water partition coefficient (Wildman–Crippen LogP) is 4.45. The van der Waals surface area contributed by atoms with Crippen LogP contribution >= 0.6 is 11.6 Å². The third-order valence-electron chi connectivity index (χ3n) is 3.87. The smallest absolute Gasteiger partial charge is 0.255 e. The van der Waals surface area contributed by atoms with Gasteiger partial charge in [-0.05, 0) is 36.2 Å². The Hall–Kier alpha value is -2.79. The van der Waals surface area contributed by atoms with Gasteiger partial charge in [0.2, 0.25) is 0 Å². The van der Waals surface area contributed by atoms with Crippen LogP contribution in [0.2, 0.25) is 5.02 Å². The zero-order valence-electron chi connectivity index (χ0n) is 14.5. The summed E-state index contributed by atoms with van der Waals surface area (Å²) in [6, 6.07) is 15.0. The van der Waals surface area contributed by atoms with Gasteiger partial charge < -0.3 is 10.1 Å². The van der Waals surface area contributed by atoms with E-state index in [2.05, 4.69) is 22.4 Å². The van der Waals surface area contributed by atoms with Gasteiger partial charge in [-0.25, -0.2) is 0 Å². The zero-order valence-corrected chi connectivity index (χ0v) is 15.2. The molecular formula is C20H20ClN3O2. The summed E-state index contributed by atoms with van der Waals surface area (Å²) >= 11 is 5.92. The van der Waals surface area contributed by atoms with Gasteiger partial charge >= 0.3 is 0 Å². The second kappa shape index (κ2) is 8.54. The zero-order chi connectivity index (χ0) is 18.4. The van der Waals surface area contributed by atoms with Crippen molar-refractivity contribution in [1.82, 2.24) is 15.5 Å². The Balaban J connectivity index is 1.64. The molecule has 0 aliphatic carbocycles. The monoisotopic (exact) mass is 369 g/mol. The number of aromatic amines is 1. The fraction of sp³-hybridized carbons (Fsp3) is 0.200. The minimum atomic E-state index is -0.185. The Morgan fingerprint density at radius 3 is 2.58 bits per heavy atom. The van der Waals surface area contributed by atoms with Gasteiger partial charge in [0.15, 0.2) is 0 Å². The molecule has 0 spiro atoms. The van der Waals surface area contributed by atoms with E-state index in [0.29, 0.717) is 29.4 Å². The van der Waals surface area contributed by atoms with Crippen molar-refractivity contribution in [2.24, 2.45) is 0 Å². The lowest BCUT2D eigenvalue weighted by Gasteiger charge is -2.08. The molecule has 1 aromatic heterocycles. The summed E-state index contributed by atoms with van der Waals surface area (Å²) in [5, 5.41) is 10.4. The van der Waals surface area contributed by atoms with Crippen LogP contribution in [-0.4, -0.2) is 22.7 Å². The molecule has 1 heterocycles. The summed E-state index contributed by atoms with van der Waals surface area (Å²) in [6.45, 7) is 3.19. The highest BCUT2D eigenvalue weighted by Gasteiger charge is 2.15. The summed E-state index contributed by atoms with van der Waals surface area (Å²) in [5.41, 5.74) is 3.02. The molecule has 5 nitrogen and oxygen atoms in total. The van der Waals surface area contributed by atoms with Crippen molar-refractivity contribution in [2.75, 3.05) is 6.61 Å². The quantitative estimate of drug-likeness (QED) is 0.646. The minimum Gasteiger partial charge on any atom is -0.494 e. The normalized spacial score (nSPS) is 10.5. The number of nitrogens with zero attached hydrogens (tertiary/aromatic N) is 1. The number of benzene rings is 2. The molecule has 6 heteroatoms. The third-order valence-corrected chi connectivity index (χ3v) is 4.12. The van der Waals surface area contributed by atoms with E-state index >= 15 is 0 Å². The first-order chi connectivity index (χ1) is 12.7. The number of carbonyl (C=O) groups is 1. The summed E-state index contributed by atoms with van der Waals surface area (Å²) < 4.78 is 5.56. The Kier molecular flexibility index (Phi) is 5.92. The molecule has 26 heavy (non-hydrogen) atoms. The molecule has 0 atom stereocenters. The number of aromatic nitrogens is 2. The van der Waals surface area contributed by atoms with Crippen LogP contribution in [-0.2, 0) is 6.54 Å². The first kappa shape index (κ1) is 18.0. The molecule has 2 N–H and O–H groups in total. The molecule has 0 saturated heterocycles. The first-order valence-electron chi connectivity index (χ1n) is 8.46. The van der Waals surface area contributed by atoms with Gasteiger partial charge in [0.1, 0.15) is 5.75 Å². The molecule has 2 aromatic carbocycles. The lowest BCUT2D eigenvalue weighted by Crippen LogP contribution is -2.22. The molecule has 0 fully saturated rings. The largest absolute Gasteiger partial charge is 0.494 e. The van der Waals surface area contributed by atoms with Crippen molar-refractivity contribution in [2.45, 2.75) is 19.9 Å². The fourth-order valence-electron chi connectivity index (χ4n) is 2.50. The molecule has 1 amide bonds. The number of rotatable bonds is 7. The van der Waals surface area contributed by atoms with Gasteiger partial charge in [0.25, 0.3) is 5.91 Å². The van der Waals surface area contributed by atoms with E-state index in [0.717, 1.165) is 23.3 Å². The van der Waals surface area contributed by atoms with Gasteiger partial charge in [-0.3, -0.25) is 9.89 Å². The molecule has 0 radical (unpaired) electrons. The Morgan fingerprint density at radius 2 is 1.88 bits per heavy atom. The van der Waals surface area contributed by atoms with Crippen molar-refractivity contribution in [3.05, 3.63) is 70.9 Å². The number of H-pyrrole nitrogens is 1. The molecule has 0 unspecified atom stereocenters. The van der Waals surface area contributed by atoms with Crippen LogP contribution in [0.4, 0.5) is 0 Å². The number of ether oxygens (including phenoxy) is 1. The van der Waals surface area contributed by atoms with Crippen LogP contribution in [0.1, 0.15) is 29.3 Å². The van der Waals surface area contributed by atoms with Crippen LogP contribution in [0.3, 0.4) is 0 Å². The average Bonchev–Trinajstić information content (AvgIpc) is 3.16. The summed E-state index contributed by atoms with van der Waals surface area (Å²) in [5.74, 6) is 0.650. The SMILES string of the molecule is CCCOc1ccc(CNC(=O)c2cn[nH]c2-c2ccc(Cl)cc2)cc1. The van der Waals surface area contributed by atoms with E-state index in [9.17, 15) is 4.79 Å². The minimum absolute atomic E-state index is 0.185. The van der Waals surface area contributed by atoms with Gasteiger partial charge in [-0.15, -0.1) is 0 Å². The lowest BCUT2D eigenvalue weighted by atomic mass is 10.1. The molecular weight excluding hydrogens is 350 g/mol. The number of hydrogen-bond donors (Lipinski definition) is 2. The Bertz CT molecular complexity index is 858. The topological polar surface area (TPSA) is 67.0 Å². The van der Waals surface area contributed by atoms with Crippen LogP contribution in [0.25, 0.3) is 11.3 Å². The number of nitrogens with one attached hydrogen (secondary N) is 2. The van der Waals surface area contributed by atoms with Gasteiger partial charge in [-0.1, -0.05) is 42.8 Å². The van der Waals surface area contributed by atoms with E-state index in [1.54, 1.807) is 12.1 Å². The molecule has 134 valence electrons. The van der Waals surface area contributed by atoms with Crippen molar-refractivity contribution in [3.63, 3.8) is 0 Å². The first-order valence-corrected chi connectivity index (χ1v) is 8.84. The third kappa shape index (κ3) is 4.43. The Labute approximate surface area is 157 Å². The molecule has 0 saturated carbocycles. The average molecular weight is 370 g/mol. The number of hydrogen-bond acceptors (Lipinski definition) is 3. The van der Waals surface area contributed by atoms with E-state index in [4.69, 9.17) is 16.3 Å². The number of amides is 1. The summed E-state index contributed by atoms with van der Waals surface area (Å²) in [7, 11) is 0. The molecule has 3 rings (SSSR count). The highest BCUT2D eigenvalue weighted by Crippen LogP contribution is 2.23. The molecule has 3 aromatic rings. The van der Waals surface area contributed by atoms with Gasteiger partial charge in [-0.2, -0.15) is 5.10 Å². The molecule has 0 aliphatic rings. The second-order valence-corrected chi connectivity index (χ2v) is 6.28. The lowest BCUT2D eigenvalue weighted by molar-refractivity contribution is 0.0951. The number of carbonyl (C=O) groups excluding carboxylic acids is 1. The fourth-order valence-corrected chi connectivity index (χ4v) is 2.62. The van der Waals surface area contributed by atoms with E-state index in [-0.39, 0.29) is 5.91 Å². The van der Waals surface area contributed by atoms with Crippen LogP contribution < -0.4 is 10.1 Å². The maximum absolute atomic E-state index is 12.5. The van der Waals surface area contributed by atoms with Crippen molar-refractivity contribution < 1.29 is 9.53 Å². The van der Waals surface area contributed by atoms with Gasteiger partial charge in [0.05, 0.1) is 24.1 Å². The predicted molar refractivity (Wildman–Crippen MR) is 102 cm³/mol. The van der Waals surface area contributed by atoms with E-state index in [1.807, 2.05) is 36.4 Å². The molecule has 0 aliphatic heterocycles. The maximum atomic E-state index is 12.5. The van der Waals surface area contributed by atoms with Crippen molar-refractivity contribution >= 4 is 17.5 Å². The van der Waals surface area contributed by atoms with Gasteiger partial charge in [0, 0.05) is 17.1 Å². The van der Waals surface area contributed by atoms with E-state index < -0.39 is 0 Å². The number of halogens is 1. The molecule has 0 bridgehead atoms. The maximum Gasteiger partial charge on any atom is 0.255 e. The highest BCUT2D eigenvalue weighted by molar-refractivity contribution is 6.30. The highest BCUT2D eigenvalue weighted by atomic mass is 35.5. The Morgan fingerprint density at radius 1 is 1.15 bits per heavy atom. The van der Waals surface area contributed by atoms with E-state index in [1.165, 1.54) is 6.20 Å². The summed E-state index contributed by atoms with van der Waals surface area (Å²) in [6.07, 6.45) is 2.50.